The van der Waals surface area contributed by atoms with Crippen LogP contribution in [-0.4, -0.2) is 38.1 Å². The molecule has 1 aromatic rings. The zero-order chi connectivity index (χ0) is 13.4. The van der Waals surface area contributed by atoms with E-state index in [1.54, 1.807) is 12.3 Å². The van der Waals surface area contributed by atoms with E-state index in [-0.39, 0.29) is 6.04 Å². The molecule has 6 nitrogen and oxygen atoms in total. The summed E-state index contributed by atoms with van der Waals surface area (Å²) in [4.78, 5) is 22.8. The van der Waals surface area contributed by atoms with E-state index in [0.717, 1.165) is 5.76 Å². The lowest BCUT2D eigenvalue weighted by Gasteiger charge is -2.12. The number of furan rings is 1. The molecule has 0 aliphatic heterocycles. The Labute approximate surface area is 106 Å². The van der Waals surface area contributed by atoms with Crippen LogP contribution in [0, 0.1) is 0 Å². The van der Waals surface area contributed by atoms with Crippen LogP contribution in [0.3, 0.4) is 0 Å². The number of hydrogen-bond donors (Lipinski definition) is 2. The van der Waals surface area contributed by atoms with Gasteiger partial charge in [0, 0.05) is 26.1 Å². The molecule has 0 aliphatic carbocycles. The summed E-state index contributed by atoms with van der Waals surface area (Å²) < 4.78 is 9.92. The van der Waals surface area contributed by atoms with Gasteiger partial charge in [-0.15, -0.1) is 0 Å². The largest absolute Gasteiger partial charge is 0.469 e. The maximum absolute atomic E-state index is 11.5. The van der Waals surface area contributed by atoms with E-state index in [2.05, 4.69) is 10.6 Å². The van der Waals surface area contributed by atoms with Gasteiger partial charge in [0.05, 0.1) is 12.9 Å². The van der Waals surface area contributed by atoms with E-state index >= 15 is 0 Å². The fourth-order valence-corrected chi connectivity index (χ4v) is 1.42. The van der Waals surface area contributed by atoms with Crippen LogP contribution < -0.4 is 10.6 Å². The first-order valence-corrected chi connectivity index (χ1v) is 5.73. The summed E-state index contributed by atoms with van der Waals surface area (Å²) in [6.45, 7) is 2.50. The van der Waals surface area contributed by atoms with Crippen LogP contribution in [0.15, 0.2) is 22.8 Å². The smallest absolute Gasteiger partial charge is 0.309 e. The molecule has 0 spiro atoms. The first-order valence-electron chi connectivity index (χ1n) is 5.73. The maximum atomic E-state index is 11.5. The van der Waals surface area contributed by atoms with Gasteiger partial charge >= 0.3 is 11.8 Å². The summed E-state index contributed by atoms with van der Waals surface area (Å²) in [6, 6.07) is 3.43. The Balaban J connectivity index is 2.28. The summed E-state index contributed by atoms with van der Waals surface area (Å²) in [6.07, 6.45) is 2.12. The third kappa shape index (κ3) is 5.01. The predicted molar refractivity (Wildman–Crippen MR) is 64.9 cm³/mol. The highest BCUT2D eigenvalue weighted by atomic mass is 16.5. The van der Waals surface area contributed by atoms with Gasteiger partial charge in [-0.05, 0) is 19.1 Å². The molecular formula is C12H18N2O4. The average Bonchev–Trinajstić information content (AvgIpc) is 2.81. The minimum absolute atomic E-state index is 0.170. The molecular weight excluding hydrogens is 236 g/mol. The molecule has 0 aromatic carbocycles. The lowest BCUT2D eigenvalue weighted by Crippen LogP contribution is -2.45. The minimum Gasteiger partial charge on any atom is -0.469 e. The molecule has 0 radical (unpaired) electrons. The summed E-state index contributed by atoms with van der Waals surface area (Å²) in [7, 11) is 1.53. The summed E-state index contributed by atoms with van der Waals surface area (Å²) in [5.41, 5.74) is 0. The van der Waals surface area contributed by atoms with E-state index in [1.807, 2.05) is 13.0 Å². The lowest BCUT2D eigenvalue weighted by atomic mass is 10.2. The van der Waals surface area contributed by atoms with Crippen molar-refractivity contribution in [2.45, 2.75) is 19.4 Å². The van der Waals surface area contributed by atoms with Crippen LogP contribution in [0.1, 0.15) is 12.7 Å². The fraction of sp³-hybridized carbons (Fsp3) is 0.500. The fourth-order valence-electron chi connectivity index (χ4n) is 1.42. The monoisotopic (exact) mass is 254 g/mol. The molecule has 0 bridgehead atoms. The number of rotatable bonds is 6. The maximum Gasteiger partial charge on any atom is 0.309 e. The molecule has 0 saturated heterocycles. The van der Waals surface area contributed by atoms with E-state index in [1.165, 1.54) is 7.11 Å². The number of carbonyl (C=O) groups is 2. The molecule has 2 amide bonds. The van der Waals surface area contributed by atoms with Gasteiger partial charge in [0.15, 0.2) is 0 Å². The van der Waals surface area contributed by atoms with Crippen LogP contribution in [0.5, 0.6) is 0 Å². The molecule has 0 aliphatic rings. The van der Waals surface area contributed by atoms with Gasteiger partial charge in [-0.25, -0.2) is 0 Å². The highest BCUT2D eigenvalue weighted by Gasteiger charge is 2.16. The van der Waals surface area contributed by atoms with Gasteiger partial charge < -0.3 is 19.8 Å². The van der Waals surface area contributed by atoms with Gasteiger partial charge in [0.2, 0.25) is 0 Å². The number of ether oxygens (including phenoxy) is 1. The molecule has 100 valence electrons. The second-order valence-corrected chi connectivity index (χ2v) is 3.91. The number of methoxy groups -OCH3 is 1. The molecule has 1 rings (SSSR count). The second-order valence-electron chi connectivity index (χ2n) is 3.91. The van der Waals surface area contributed by atoms with Crippen molar-refractivity contribution in [1.82, 2.24) is 10.6 Å². The third-order valence-electron chi connectivity index (χ3n) is 2.26. The zero-order valence-electron chi connectivity index (χ0n) is 10.6. The van der Waals surface area contributed by atoms with Crippen molar-refractivity contribution in [3.8, 4) is 0 Å². The lowest BCUT2D eigenvalue weighted by molar-refractivity contribution is -0.139. The van der Waals surface area contributed by atoms with Crippen LogP contribution >= 0.6 is 0 Å². The molecule has 6 heteroatoms. The minimum atomic E-state index is -0.654. The Bertz CT molecular complexity index is 375. The summed E-state index contributed by atoms with van der Waals surface area (Å²) in [5.74, 6) is -0.536. The SMILES string of the molecule is COCCNC(=O)C(=O)N[C@H](C)Cc1ccco1. The zero-order valence-corrected chi connectivity index (χ0v) is 10.6. The topological polar surface area (TPSA) is 80.6 Å². The van der Waals surface area contributed by atoms with E-state index < -0.39 is 11.8 Å². The molecule has 1 heterocycles. The first kappa shape index (κ1) is 14.2. The van der Waals surface area contributed by atoms with Crippen LogP contribution in [-0.2, 0) is 20.7 Å². The molecule has 0 fully saturated rings. The molecule has 1 atom stereocenters. The van der Waals surface area contributed by atoms with Crippen molar-refractivity contribution < 1.29 is 18.7 Å². The highest BCUT2D eigenvalue weighted by Crippen LogP contribution is 2.03. The Morgan fingerprint density at radius 1 is 1.44 bits per heavy atom. The number of amides is 2. The Kier molecular flexibility index (Phi) is 5.93. The van der Waals surface area contributed by atoms with E-state index in [9.17, 15) is 9.59 Å². The van der Waals surface area contributed by atoms with Gasteiger partial charge in [-0.1, -0.05) is 0 Å². The number of nitrogens with one attached hydrogen (secondary N) is 2. The molecule has 1 aromatic heterocycles. The quantitative estimate of drug-likeness (QED) is 0.557. The van der Waals surface area contributed by atoms with Crippen molar-refractivity contribution in [3.05, 3.63) is 24.2 Å². The van der Waals surface area contributed by atoms with Crippen molar-refractivity contribution in [1.29, 1.82) is 0 Å². The normalized spacial score (nSPS) is 11.9. The molecule has 2 N–H and O–H groups in total. The van der Waals surface area contributed by atoms with Crippen molar-refractivity contribution >= 4 is 11.8 Å². The van der Waals surface area contributed by atoms with Crippen molar-refractivity contribution in [2.24, 2.45) is 0 Å². The molecule has 0 saturated carbocycles. The van der Waals surface area contributed by atoms with E-state index in [4.69, 9.17) is 9.15 Å². The molecule has 18 heavy (non-hydrogen) atoms. The first-order chi connectivity index (χ1) is 8.63. The third-order valence-corrected chi connectivity index (χ3v) is 2.26. The standard InChI is InChI=1S/C12H18N2O4/c1-9(8-10-4-3-6-18-10)14-12(16)11(15)13-5-7-17-2/h3-4,6,9H,5,7-8H2,1-2H3,(H,13,15)(H,14,16)/t9-/m1/s1. The average molecular weight is 254 g/mol. The van der Waals surface area contributed by atoms with Gasteiger partial charge in [0.1, 0.15) is 5.76 Å². The Hall–Kier alpha value is -1.82. The Morgan fingerprint density at radius 3 is 2.83 bits per heavy atom. The Morgan fingerprint density at radius 2 is 2.22 bits per heavy atom. The van der Waals surface area contributed by atoms with E-state index in [0.29, 0.717) is 19.6 Å². The number of carbonyl (C=O) groups excluding carboxylic acids is 2. The van der Waals surface area contributed by atoms with Crippen LogP contribution in [0.25, 0.3) is 0 Å². The molecule has 0 unspecified atom stereocenters. The summed E-state index contributed by atoms with van der Waals surface area (Å²) in [5, 5.41) is 5.04. The summed E-state index contributed by atoms with van der Waals surface area (Å²) >= 11 is 0. The van der Waals surface area contributed by atoms with Gasteiger partial charge in [-0.3, -0.25) is 9.59 Å². The van der Waals surface area contributed by atoms with Gasteiger partial charge in [0.25, 0.3) is 0 Å². The van der Waals surface area contributed by atoms with Gasteiger partial charge in [-0.2, -0.15) is 0 Å². The second kappa shape index (κ2) is 7.50. The highest BCUT2D eigenvalue weighted by molar-refractivity contribution is 6.35. The predicted octanol–water partition coefficient (Wildman–Crippen LogP) is 0.0894. The van der Waals surface area contributed by atoms with Crippen molar-refractivity contribution in [3.63, 3.8) is 0 Å². The van der Waals surface area contributed by atoms with Crippen LogP contribution in [0.4, 0.5) is 0 Å². The number of hydrogen-bond acceptors (Lipinski definition) is 4. The van der Waals surface area contributed by atoms with Crippen LogP contribution in [0.2, 0.25) is 0 Å². The van der Waals surface area contributed by atoms with Crippen molar-refractivity contribution in [2.75, 3.05) is 20.3 Å².